The zero-order chi connectivity index (χ0) is 14.4. The van der Waals surface area contributed by atoms with E-state index in [0.717, 1.165) is 18.7 Å². The van der Waals surface area contributed by atoms with E-state index in [1.807, 2.05) is 44.4 Å². The Labute approximate surface area is 118 Å². The maximum Gasteiger partial charge on any atom is 0.271 e. The molecular formula is C15H19N3O2. The van der Waals surface area contributed by atoms with Crippen LogP contribution < -0.4 is 10.3 Å². The van der Waals surface area contributed by atoms with Gasteiger partial charge in [-0.15, -0.1) is 5.10 Å². The molecule has 2 aromatic rings. The minimum Gasteiger partial charge on any atom is -0.477 e. The molecule has 0 saturated carbocycles. The largest absolute Gasteiger partial charge is 0.477 e. The SMILES string of the molecule is CN(C)CCCOc1ccc(=O)n(-c2ccccc2)n1. The summed E-state index contributed by atoms with van der Waals surface area (Å²) in [5.74, 6) is 0.465. The summed E-state index contributed by atoms with van der Waals surface area (Å²) >= 11 is 0. The Bertz CT molecular complexity index is 594. The Morgan fingerprint density at radius 3 is 2.60 bits per heavy atom. The van der Waals surface area contributed by atoms with Crippen molar-refractivity contribution in [2.24, 2.45) is 0 Å². The molecule has 0 atom stereocenters. The average molecular weight is 273 g/mol. The lowest BCUT2D eigenvalue weighted by atomic mass is 10.3. The zero-order valence-electron chi connectivity index (χ0n) is 11.8. The molecule has 0 N–H and O–H groups in total. The number of benzene rings is 1. The highest BCUT2D eigenvalue weighted by atomic mass is 16.5. The molecular weight excluding hydrogens is 254 g/mol. The number of para-hydroxylation sites is 1. The normalized spacial score (nSPS) is 10.8. The second-order valence-electron chi connectivity index (χ2n) is 4.76. The van der Waals surface area contributed by atoms with Crippen molar-refractivity contribution >= 4 is 0 Å². The highest BCUT2D eigenvalue weighted by Gasteiger charge is 2.03. The fourth-order valence-corrected chi connectivity index (χ4v) is 1.78. The fraction of sp³-hybridized carbons (Fsp3) is 0.333. The van der Waals surface area contributed by atoms with Gasteiger partial charge in [0.2, 0.25) is 5.88 Å². The van der Waals surface area contributed by atoms with Gasteiger partial charge in [-0.2, -0.15) is 4.68 Å². The van der Waals surface area contributed by atoms with Crippen molar-refractivity contribution < 1.29 is 4.74 Å². The van der Waals surface area contributed by atoms with Crippen LogP contribution >= 0.6 is 0 Å². The van der Waals surface area contributed by atoms with Gasteiger partial charge in [-0.25, -0.2) is 0 Å². The topological polar surface area (TPSA) is 47.4 Å². The number of ether oxygens (including phenoxy) is 1. The van der Waals surface area contributed by atoms with Crippen LogP contribution in [0.4, 0.5) is 0 Å². The van der Waals surface area contributed by atoms with Crippen LogP contribution in [0.3, 0.4) is 0 Å². The van der Waals surface area contributed by atoms with Gasteiger partial charge in [-0.1, -0.05) is 18.2 Å². The second kappa shape index (κ2) is 6.86. The minimum absolute atomic E-state index is 0.170. The van der Waals surface area contributed by atoms with Crippen LogP contribution in [-0.4, -0.2) is 41.9 Å². The van der Waals surface area contributed by atoms with Crippen LogP contribution in [0.5, 0.6) is 5.88 Å². The van der Waals surface area contributed by atoms with Crippen LogP contribution in [0.2, 0.25) is 0 Å². The van der Waals surface area contributed by atoms with E-state index in [4.69, 9.17) is 4.74 Å². The molecule has 2 rings (SSSR count). The molecule has 106 valence electrons. The van der Waals surface area contributed by atoms with E-state index < -0.39 is 0 Å². The van der Waals surface area contributed by atoms with Crippen LogP contribution in [0, 0.1) is 0 Å². The lowest BCUT2D eigenvalue weighted by molar-refractivity contribution is 0.268. The fourth-order valence-electron chi connectivity index (χ4n) is 1.78. The van der Waals surface area contributed by atoms with E-state index in [2.05, 4.69) is 10.00 Å². The van der Waals surface area contributed by atoms with Crippen molar-refractivity contribution in [2.45, 2.75) is 6.42 Å². The summed E-state index contributed by atoms with van der Waals surface area (Å²) in [5.41, 5.74) is 0.563. The first kappa shape index (κ1) is 14.3. The van der Waals surface area contributed by atoms with Crippen molar-refractivity contribution in [3.63, 3.8) is 0 Å². The summed E-state index contributed by atoms with van der Waals surface area (Å²) in [5, 5.41) is 4.23. The van der Waals surface area contributed by atoms with Gasteiger partial charge in [0, 0.05) is 18.7 Å². The molecule has 0 unspecified atom stereocenters. The standard InChI is InChI=1S/C15H19N3O2/c1-17(2)11-6-12-20-14-9-10-15(19)18(16-14)13-7-4-3-5-8-13/h3-5,7-10H,6,11-12H2,1-2H3. The van der Waals surface area contributed by atoms with Crippen molar-refractivity contribution in [1.82, 2.24) is 14.7 Å². The van der Waals surface area contributed by atoms with Crippen molar-refractivity contribution in [1.29, 1.82) is 0 Å². The third kappa shape index (κ3) is 3.93. The smallest absolute Gasteiger partial charge is 0.271 e. The van der Waals surface area contributed by atoms with Crippen LogP contribution in [-0.2, 0) is 0 Å². The summed E-state index contributed by atoms with van der Waals surface area (Å²) in [6.45, 7) is 1.54. The quantitative estimate of drug-likeness (QED) is 0.749. The molecule has 0 saturated heterocycles. The van der Waals surface area contributed by atoms with Crippen LogP contribution in [0.25, 0.3) is 5.69 Å². The molecule has 20 heavy (non-hydrogen) atoms. The van der Waals surface area contributed by atoms with E-state index in [1.54, 1.807) is 6.07 Å². The molecule has 5 nitrogen and oxygen atoms in total. The molecule has 0 aliphatic carbocycles. The number of aromatic nitrogens is 2. The summed E-state index contributed by atoms with van der Waals surface area (Å²) in [4.78, 5) is 13.9. The summed E-state index contributed by atoms with van der Waals surface area (Å²) in [6, 6.07) is 12.4. The van der Waals surface area contributed by atoms with E-state index >= 15 is 0 Å². The maximum absolute atomic E-state index is 11.8. The Hall–Kier alpha value is -2.14. The third-order valence-corrected chi connectivity index (χ3v) is 2.78. The number of rotatable bonds is 6. The number of hydrogen-bond acceptors (Lipinski definition) is 4. The van der Waals surface area contributed by atoms with E-state index in [-0.39, 0.29) is 5.56 Å². The third-order valence-electron chi connectivity index (χ3n) is 2.78. The monoisotopic (exact) mass is 273 g/mol. The van der Waals surface area contributed by atoms with Gasteiger partial charge in [0.25, 0.3) is 5.56 Å². The molecule has 0 aliphatic rings. The van der Waals surface area contributed by atoms with Gasteiger partial charge in [-0.3, -0.25) is 4.79 Å². The molecule has 0 amide bonds. The van der Waals surface area contributed by atoms with Crippen molar-refractivity contribution in [2.75, 3.05) is 27.2 Å². The van der Waals surface area contributed by atoms with E-state index in [1.165, 1.54) is 10.7 Å². The molecule has 5 heteroatoms. The van der Waals surface area contributed by atoms with Gasteiger partial charge in [0.1, 0.15) is 0 Å². The second-order valence-corrected chi connectivity index (χ2v) is 4.76. The number of hydrogen-bond donors (Lipinski definition) is 0. The lowest BCUT2D eigenvalue weighted by Crippen LogP contribution is -2.21. The number of nitrogens with zero attached hydrogens (tertiary/aromatic N) is 3. The molecule has 0 bridgehead atoms. The Morgan fingerprint density at radius 2 is 1.90 bits per heavy atom. The van der Waals surface area contributed by atoms with Gasteiger partial charge < -0.3 is 9.64 Å². The summed E-state index contributed by atoms with van der Waals surface area (Å²) < 4.78 is 6.92. The predicted octanol–water partition coefficient (Wildman–Crippen LogP) is 1.56. The lowest BCUT2D eigenvalue weighted by Gasteiger charge is -2.10. The molecule has 0 fully saturated rings. The van der Waals surface area contributed by atoms with E-state index in [0.29, 0.717) is 12.5 Å². The molecule has 0 spiro atoms. The van der Waals surface area contributed by atoms with Gasteiger partial charge in [0.05, 0.1) is 12.3 Å². The predicted molar refractivity (Wildman–Crippen MR) is 78.5 cm³/mol. The molecule has 1 aromatic carbocycles. The minimum atomic E-state index is -0.170. The summed E-state index contributed by atoms with van der Waals surface area (Å²) in [7, 11) is 4.04. The van der Waals surface area contributed by atoms with Gasteiger partial charge >= 0.3 is 0 Å². The van der Waals surface area contributed by atoms with Crippen LogP contribution in [0.1, 0.15) is 6.42 Å². The molecule has 0 radical (unpaired) electrons. The first-order valence-electron chi connectivity index (χ1n) is 6.60. The highest BCUT2D eigenvalue weighted by molar-refractivity contribution is 5.30. The average Bonchev–Trinajstić information content (AvgIpc) is 2.46. The molecule has 1 heterocycles. The van der Waals surface area contributed by atoms with Gasteiger partial charge in [-0.05, 0) is 32.6 Å². The first-order chi connectivity index (χ1) is 9.66. The van der Waals surface area contributed by atoms with E-state index in [9.17, 15) is 4.79 Å². The first-order valence-corrected chi connectivity index (χ1v) is 6.60. The Kier molecular flexibility index (Phi) is 4.90. The molecule has 0 aliphatic heterocycles. The van der Waals surface area contributed by atoms with Gasteiger partial charge in [0.15, 0.2) is 0 Å². The molecule has 1 aromatic heterocycles. The highest BCUT2D eigenvalue weighted by Crippen LogP contribution is 2.07. The maximum atomic E-state index is 11.8. The van der Waals surface area contributed by atoms with Crippen molar-refractivity contribution in [3.05, 3.63) is 52.8 Å². The zero-order valence-corrected chi connectivity index (χ0v) is 11.8. The van der Waals surface area contributed by atoms with Crippen molar-refractivity contribution in [3.8, 4) is 11.6 Å². The summed E-state index contributed by atoms with van der Waals surface area (Å²) in [6.07, 6.45) is 0.916. The Balaban J connectivity index is 2.07. The van der Waals surface area contributed by atoms with Crippen LogP contribution in [0.15, 0.2) is 47.3 Å². The Morgan fingerprint density at radius 1 is 1.15 bits per heavy atom.